The van der Waals surface area contributed by atoms with Gasteiger partial charge in [-0.05, 0) is 24.1 Å². The minimum absolute atomic E-state index is 0.0344. The number of nitrogens with one attached hydrogen (secondary N) is 1. The third-order valence-corrected chi connectivity index (χ3v) is 2.99. The van der Waals surface area contributed by atoms with Crippen LogP contribution in [0.2, 0.25) is 5.02 Å². The molecule has 0 heterocycles. The van der Waals surface area contributed by atoms with Crippen molar-refractivity contribution in [2.24, 2.45) is 0 Å². The van der Waals surface area contributed by atoms with E-state index < -0.39 is 6.10 Å². The highest BCUT2D eigenvalue weighted by molar-refractivity contribution is 6.31. The van der Waals surface area contributed by atoms with Crippen molar-refractivity contribution in [2.75, 3.05) is 32.9 Å². The van der Waals surface area contributed by atoms with Gasteiger partial charge in [0.05, 0.1) is 25.9 Å². The molecule has 0 saturated carbocycles. The van der Waals surface area contributed by atoms with E-state index in [1.165, 1.54) is 0 Å². The topological polar surface area (TPSA) is 61.7 Å². The highest BCUT2D eigenvalue weighted by Gasteiger charge is 2.08. The predicted molar refractivity (Wildman–Crippen MR) is 71.9 cm³/mol. The highest BCUT2D eigenvalue weighted by atomic mass is 35.5. The van der Waals surface area contributed by atoms with Gasteiger partial charge in [-0.1, -0.05) is 23.7 Å². The second kappa shape index (κ2) is 8.45. The number of hydrogen-bond donors (Lipinski definition) is 3. The molecule has 0 aromatic heterocycles. The Labute approximate surface area is 113 Å². The summed E-state index contributed by atoms with van der Waals surface area (Å²) in [5.41, 5.74) is 1.81. The normalized spacial score (nSPS) is 12.7. The van der Waals surface area contributed by atoms with Crippen molar-refractivity contribution in [1.29, 1.82) is 0 Å². The van der Waals surface area contributed by atoms with Gasteiger partial charge in [-0.3, -0.25) is 0 Å². The van der Waals surface area contributed by atoms with Gasteiger partial charge in [0, 0.05) is 18.1 Å². The Bertz CT molecular complexity index is 360. The molecule has 0 aliphatic carbocycles. The first-order valence-corrected chi connectivity index (χ1v) is 6.36. The molecule has 102 valence electrons. The maximum Gasteiger partial charge on any atom is 0.0914 e. The fourth-order valence-electron chi connectivity index (χ4n) is 1.54. The maximum atomic E-state index is 9.95. The van der Waals surface area contributed by atoms with Crippen molar-refractivity contribution in [3.8, 4) is 0 Å². The van der Waals surface area contributed by atoms with E-state index in [9.17, 15) is 5.11 Å². The number of aliphatic hydroxyl groups excluding tert-OH is 2. The lowest BCUT2D eigenvalue weighted by molar-refractivity contribution is 0.0910. The zero-order chi connectivity index (χ0) is 13.4. The number of rotatable bonds is 8. The van der Waals surface area contributed by atoms with Gasteiger partial charge in [0.25, 0.3) is 0 Å². The standard InChI is InChI=1S/C13H20ClNO3/c1-10-8-11(2-3-12(10)14)13(17)9-15-4-6-18-7-5-16/h2-3,8,13,15-17H,4-7,9H2,1H3. The molecule has 1 aromatic rings. The van der Waals surface area contributed by atoms with Gasteiger partial charge in [0.2, 0.25) is 0 Å². The summed E-state index contributed by atoms with van der Waals surface area (Å²) < 4.78 is 5.09. The number of aryl methyl sites for hydroxylation is 1. The zero-order valence-corrected chi connectivity index (χ0v) is 11.3. The SMILES string of the molecule is Cc1cc(C(O)CNCCOCCO)ccc1Cl. The molecule has 1 atom stereocenters. The largest absolute Gasteiger partial charge is 0.394 e. The van der Waals surface area contributed by atoms with Crippen LogP contribution < -0.4 is 5.32 Å². The monoisotopic (exact) mass is 273 g/mol. The van der Waals surface area contributed by atoms with Gasteiger partial charge in [-0.15, -0.1) is 0 Å². The first-order chi connectivity index (χ1) is 8.65. The Balaban J connectivity index is 2.27. The van der Waals surface area contributed by atoms with E-state index in [4.69, 9.17) is 21.4 Å². The van der Waals surface area contributed by atoms with Gasteiger partial charge in [0.1, 0.15) is 0 Å². The Morgan fingerprint density at radius 2 is 2.17 bits per heavy atom. The molecule has 5 heteroatoms. The molecular weight excluding hydrogens is 254 g/mol. The molecule has 1 rings (SSSR count). The van der Waals surface area contributed by atoms with Crippen molar-refractivity contribution in [2.45, 2.75) is 13.0 Å². The Hall–Kier alpha value is -0.650. The Morgan fingerprint density at radius 3 is 2.83 bits per heavy atom. The van der Waals surface area contributed by atoms with Crippen molar-refractivity contribution in [3.05, 3.63) is 34.3 Å². The summed E-state index contributed by atoms with van der Waals surface area (Å²) in [4.78, 5) is 0. The molecule has 0 amide bonds. The molecule has 0 bridgehead atoms. The summed E-state index contributed by atoms with van der Waals surface area (Å²) in [6.07, 6.45) is -0.557. The number of halogens is 1. The molecule has 18 heavy (non-hydrogen) atoms. The average Bonchev–Trinajstić information content (AvgIpc) is 2.36. The predicted octanol–water partition coefficient (Wildman–Crippen LogP) is 1.28. The molecule has 0 radical (unpaired) electrons. The molecule has 0 saturated heterocycles. The Kier molecular flexibility index (Phi) is 7.23. The van der Waals surface area contributed by atoms with Gasteiger partial charge in [0.15, 0.2) is 0 Å². The summed E-state index contributed by atoms with van der Waals surface area (Å²) >= 11 is 5.93. The molecule has 1 unspecified atom stereocenters. The van der Waals surface area contributed by atoms with Crippen molar-refractivity contribution >= 4 is 11.6 Å². The third-order valence-electron chi connectivity index (χ3n) is 2.56. The van der Waals surface area contributed by atoms with Crippen LogP contribution in [0.1, 0.15) is 17.2 Å². The van der Waals surface area contributed by atoms with Crippen LogP contribution in [0.3, 0.4) is 0 Å². The van der Waals surface area contributed by atoms with Gasteiger partial charge in [-0.2, -0.15) is 0 Å². The van der Waals surface area contributed by atoms with Crippen molar-refractivity contribution in [1.82, 2.24) is 5.32 Å². The number of aliphatic hydroxyl groups is 2. The van der Waals surface area contributed by atoms with E-state index in [1.54, 1.807) is 6.07 Å². The van der Waals surface area contributed by atoms with Crippen LogP contribution in [-0.2, 0) is 4.74 Å². The minimum atomic E-state index is -0.557. The summed E-state index contributed by atoms with van der Waals surface area (Å²) in [5.74, 6) is 0. The fourth-order valence-corrected chi connectivity index (χ4v) is 1.66. The number of benzene rings is 1. The van der Waals surface area contributed by atoms with Crippen LogP contribution in [0.5, 0.6) is 0 Å². The van der Waals surface area contributed by atoms with E-state index in [2.05, 4.69) is 5.32 Å². The second-order valence-corrected chi connectivity index (χ2v) is 4.47. The van der Waals surface area contributed by atoms with Crippen LogP contribution >= 0.6 is 11.6 Å². The molecule has 3 N–H and O–H groups in total. The first-order valence-electron chi connectivity index (χ1n) is 5.98. The fraction of sp³-hybridized carbons (Fsp3) is 0.538. The number of ether oxygens (including phenoxy) is 1. The molecule has 4 nitrogen and oxygen atoms in total. The summed E-state index contributed by atoms with van der Waals surface area (Å²) in [7, 11) is 0. The smallest absolute Gasteiger partial charge is 0.0914 e. The molecule has 1 aromatic carbocycles. The lowest BCUT2D eigenvalue weighted by Crippen LogP contribution is -2.25. The minimum Gasteiger partial charge on any atom is -0.394 e. The summed E-state index contributed by atoms with van der Waals surface area (Å²) in [5, 5.41) is 22.3. The lowest BCUT2D eigenvalue weighted by atomic mass is 10.1. The van der Waals surface area contributed by atoms with E-state index >= 15 is 0 Å². The first kappa shape index (κ1) is 15.4. The van der Waals surface area contributed by atoms with Crippen LogP contribution in [0, 0.1) is 6.92 Å². The van der Waals surface area contributed by atoms with Crippen LogP contribution in [0.15, 0.2) is 18.2 Å². The van der Waals surface area contributed by atoms with Gasteiger partial charge < -0.3 is 20.3 Å². The van der Waals surface area contributed by atoms with Gasteiger partial charge >= 0.3 is 0 Å². The van der Waals surface area contributed by atoms with Crippen molar-refractivity contribution in [3.63, 3.8) is 0 Å². The maximum absolute atomic E-state index is 9.95. The quantitative estimate of drug-likeness (QED) is 0.625. The second-order valence-electron chi connectivity index (χ2n) is 4.06. The van der Waals surface area contributed by atoms with E-state index in [1.807, 2.05) is 19.1 Å². The third kappa shape index (κ3) is 5.33. The highest BCUT2D eigenvalue weighted by Crippen LogP contribution is 2.20. The zero-order valence-electron chi connectivity index (χ0n) is 10.5. The van der Waals surface area contributed by atoms with E-state index in [-0.39, 0.29) is 6.61 Å². The van der Waals surface area contributed by atoms with Crippen LogP contribution in [0.4, 0.5) is 0 Å². The summed E-state index contributed by atoms with van der Waals surface area (Å²) in [6.45, 7) is 3.92. The van der Waals surface area contributed by atoms with Crippen LogP contribution in [0.25, 0.3) is 0 Å². The molecule has 0 fully saturated rings. The van der Waals surface area contributed by atoms with Gasteiger partial charge in [-0.25, -0.2) is 0 Å². The van der Waals surface area contributed by atoms with E-state index in [0.29, 0.717) is 31.3 Å². The Morgan fingerprint density at radius 1 is 1.39 bits per heavy atom. The van der Waals surface area contributed by atoms with E-state index in [0.717, 1.165) is 11.1 Å². The van der Waals surface area contributed by atoms with Crippen molar-refractivity contribution < 1.29 is 14.9 Å². The molecule has 0 spiro atoms. The summed E-state index contributed by atoms with van der Waals surface area (Å²) in [6, 6.07) is 5.50. The molecular formula is C13H20ClNO3. The average molecular weight is 274 g/mol. The molecule has 0 aliphatic rings. The molecule has 0 aliphatic heterocycles. The van der Waals surface area contributed by atoms with Crippen LogP contribution in [-0.4, -0.2) is 43.1 Å². The number of hydrogen-bond acceptors (Lipinski definition) is 4. The lowest BCUT2D eigenvalue weighted by Gasteiger charge is -2.13.